The van der Waals surface area contributed by atoms with Gasteiger partial charge in [0, 0.05) is 11.8 Å². The van der Waals surface area contributed by atoms with Gasteiger partial charge in [-0.05, 0) is 64.8 Å². The summed E-state index contributed by atoms with van der Waals surface area (Å²) < 4.78 is 5.21. The van der Waals surface area contributed by atoms with Gasteiger partial charge < -0.3 is 25.4 Å². The molecule has 0 aromatic heterocycles. The zero-order chi connectivity index (χ0) is 24.6. The quantitative estimate of drug-likeness (QED) is 0.345. The number of aryl methyl sites for hydroxylation is 1. The van der Waals surface area contributed by atoms with Crippen molar-refractivity contribution in [2.24, 2.45) is 0 Å². The molecular weight excluding hydrogens is 432 g/mol. The topological polar surface area (TPSA) is 132 Å². The van der Waals surface area contributed by atoms with Crippen molar-refractivity contribution >= 4 is 30.5 Å². The van der Waals surface area contributed by atoms with Crippen LogP contribution in [0.15, 0.2) is 18.2 Å². The Kier molecular flexibility index (Phi) is 9.84. The SMILES string of the molecule is Cc1cc(C(C(=O)NC(C)C)N(CC#N)C(=O)C(CS)NC(=O)OC(C)(C)C)ccc1O. The van der Waals surface area contributed by atoms with Gasteiger partial charge in [0.25, 0.3) is 0 Å². The largest absolute Gasteiger partial charge is 0.508 e. The number of rotatable bonds is 8. The number of phenols is 1. The summed E-state index contributed by atoms with van der Waals surface area (Å²) in [5.74, 6) is -1.20. The number of thiol groups is 1. The first-order valence-corrected chi connectivity index (χ1v) is 10.8. The number of nitriles is 1. The molecule has 0 spiro atoms. The van der Waals surface area contributed by atoms with Crippen molar-refractivity contribution in [1.29, 1.82) is 5.26 Å². The monoisotopic (exact) mass is 464 g/mol. The number of carbonyl (C=O) groups is 3. The first-order valence-electron chi connectivity index (χ1n) is 10.2. The fourth-order valence-electron chi connectivity index (χ4n) is 2.89. The van der Waals surface area contributed by atoms with Gasteiger partial charge in [-0.2, -0.15) is 17.9 Å². The van der Waals surface area contributed by atoms with Crippen molar-refractivity contribution in [2.45, 2.75) is 65.3 Å². The molecule has 3 N–H and O–H groups in total. The smallest absolute Gasteiger partial charge is 0.408 e. The van der Waals surface area contributed by atoms with Gasteiger partial charge in [0.2, 0.25) is 11.8 Å². The highest BCUT2D eigenvalue weighted by molar-refractivity contribution is 7.80. The summed E-state index contributed by atoms with van der Waals surface area (Å²) in [6.07, 6.45) is -0.814. The molecule has 0 heterocycles. The van der Waals surface area contributed by atoms with Crippen LogP contribution in [-0.2, 0) is 14.3 Å². The van der Waals surface area contributed by atoms with Gasteiger partial charge in [-0.15, -0.1) is 0 Å². The molecule has 0 saturated heterocycles. The molecule has 1 rings (SSSR count). The molecule has 0 saturated carbocycles. The van der Waals surface area contributed by atoms with E-state index in [1.807, 2.05) is 6.07 Å². The summed E-state index contributed by atoms with van der Waals surface area (Å²) in [4.78, 5) is 39.7. The third-order valence-corrected chi connectivity index (χ3v) is 4.59. The van der Waals surface area contributed by atoms with Crippen molar-refractivity contribution in [3.05, 3.63) is 29.3 Å². The highest BCUT2D eigenvalue weighted by atomic mass is 32.1. The maximum atomic E-state index is 13.3. The Morgan fingerprint density at radius 2 is 1.88 bits per heavy atom. The van der Waals surface area contributed by atoms with E-state index in [9.17, 15) is 24.8 Å². The van der Waals surface area contributed by atoms with E-state index >= 15 is 0 Å². The Balaban J connectivity index is 3.37. The van der Waals surface area contributed by atoms with E-state index in [0.29, 0.717) is 11.1 Å². The maximum absolute atomic E-state index is 13.3. The van der Waals surface area contributed by atoms with Crippen LogP contribution in [0, 0.1) is 18.3 Å². The minimum Gasteiger partial charge on any atom is -0.508 e. The third kappa shape index (κ3) is 7.96. The summed E-state index contributed by atoms with van der Waals surface area (Å²) in [7, 11) is 0. The zero-order valence-corrected chi connectivity index (χ0v) is 20.2. The second kappa shape index (κ2) is 11.6. The number of phenolic OH excluding ortho intramolecular Hbond substituents is 1. The van der Waals surface area contributed by atoms with Gasteiger partial charge >= 0.3 is 6.09 Å². The zero-order valence-electron chi connectivity index (χ0n) is 19.3. The normalized spacial score (nSPS) is 13.0. The fraction of sp³-hybridized carbons (Fsp3) is 0.545. The molecule has 3 amide bonds. The van der Waals surface area contributed by atoms with E-state index in [-0.39, 0.29) is 17.5 Å². The van der Waals surface area contributed by atoms with Crippen LogP contribution >= 0.6 is 12.6 Å². The molecule has 0 bridgehead atoms. The second-order valence-corrected chi connectivity index (χ2v) is 8.98. The Hall–Kier alpha value is -2.93. The van der Waals surface area contributed by atoms with Crippen molar-refractivity contribution in [2.75, 3.05) is 12.3 Å². The lowest BCUT2D eigenvalue weighted by Gasteiger charge is -2.33. The lowest BCUT2D eigenvalue weighted by Crippen LogP contribution is -2.54. The Bertz CT molecular complexity index is 876. The van der Waals surface area contributed by atoms with Gasteiger partial charge in [-0.3, -0.25) is 9.59 Å². The average molecular weight is 465 g/mol. The Labute approximate surface area is 194 Å². The second-order valence-electron chi connectivity index (χ2n) is 8.62. The number of hydrogen-bond donors (Lipinski definition) is 4. The van der Waals surface area contributed by atoms with E-state index in [4.69, 9.17) is 4.74 Å². The van der Waals surface area contributed by atoms with Crippen molar-refractivity contribution in [3.63, 3.8) is 0 Å². The lowest BCUT2D eigenvalue weighted by molar-refractivity contribution is -0.141. The molecule has 0 aliphatic heterocycles. The molecule has 10 heteroatoms. The predicted molar refractivity (Wildman–Crippen MR) is 123 cm³/mol. The highest BCUT2D eigenvalue weighted by Gasteiger charge is 2.36. The molecule has 2 unspecified atom stereocenters. The molecule has 176 valence electrons. The van der Waals surface area contributed by atoms with Crippen LogP contribution in [0.2, 0.25) is 0 Å². The molecule has 32 heavy (non-hydrogen) atoms. The van der Waals surface area contributed by atoms with Crippen LogP contribution in [0.4, 0.5) is 4.79 Å². The van der Waals surface area contributed by atoms with E-state index in [0.717, 1.165) is 4.90 Å². The maximum Gasteiger partial charge on any atom is 0.408 e. The van der Waals surface area contributed by atoms with E-state index < -0.39 is 42.1 Å². The van der Waals surface area contributed by atoms with Gasteiger partial charge in [0.1, 0.15) is 30.0 Å². The van der Waals surface area contributed by atoms with Crippen LogP contribution in [0.25, 0.3) is 0 Å². The van der Waals surface area contributed by atoms with E-state index in [1.54, 1.807) is 47.6 Å². The number of amides is 3. The predicted octanol–water partition coefficient (Wildman–Crippen LogP) is 2.44. The lowest BCUT2D eigenvalue weighted by atomic mass is 10.00. The van der Waals surface area contributed by atoms with Gasteiger partial charge in [0.05, 0.1) is 6.07 Å². The molecule has 0 aliphatic rings. The molecule has 0 aliphatic carbocycles. The van der Waals surface area contributed by atoms with Crippen molar-refractivity contribution < 1.29 is 24.2 Å². The van der Waals surface area contributed by atoms with Gasteiger partial charge in [0.15, 0.2) is 0 Å². The number of nitrogens with zero attached hydrogens (tertiary/aromatic N) is 2. The van der Waals surface area contributed by atoms with E-state index in [1.165, 1.54) is 12.1 Å². The van der Waals surface area contributed by atoms with Crippen molar-refractivity contribution in [1.82, 2.24) is 15.5 Å². The molecule has 0 radical (unpaired) electrons. The minimum absolute atomic E-state index is 0.0368. The summed E-state index contributed by atoms with van der Waals surface area (Å²) in [6, 6.07) is 3.91. The molecule has 1 aromatic rings. The summed E-state index contributed by atoms with van der Waals surface area (Å²) in [5.41, 5.74) is 0.146. The number of alkyl carbamates (subject to hydrolysis) is 1. The number of carbonyl (C=O) groups excluding carboxylic acids is 3. The summed E-state index contributed by atoms with van der Waals surface area (Å²) >= 11 is 4.16. The number of benzene rings is 1. The number of ether oxygens (including phenoxy) is 1. The molecule has 1 aromatic carbocycles. The molecule has 2 atom stereocenters. The Morgan fingerprint density at radius 1 is 1.25 bits per heavy atom. The van der Waals surface area contributed by atoms with Crippen LogP contribution in [-0.4, -0.2) is 57.9 Å². The van der Waals surface area contributed by atoms with Crippen LogP contribution in [0.5, 0.6) is 5.75 Å². The van der Waals surface area contributed by atoms with Crippen LogP contribution < -0.4 is 10.6 Å². The van der Waals surface area contributed by atoms with Crippen LogP contribution in [0.3, 0.4) is 0 Å². The highest BCUT2D eigenvalue weighted by Crippen LogP contribution is 2.27. The summed E-state index contributed by atoms with van der Waals surface area (Å²) in [5, 5.41) is 24.5. The molecule has 0 fully saturated rings. The number of hydrogen-bond acceptors (Lipinski definition) is 7. The molecular formula is C22H32N4O5S. The number of aromatic hydroxyl groups is 1. The average Bonchev–Trinajstić information content (AvgIpc) is 2.66. The first kappa shape index (κ1) is 27.1. The van der Waals surface area contributed by atoms with Gasteiger partial charge in [-0.25, -0.2) is 4.79 Å². The van der Waals surface area contributed by atoms with Gasteiger partial charge in [-0.1, -0.05) is 6.07 Å². The first-order chi connectivity index (χ1) is 14.8. The fourth-order valence-corrected chi connectivity index (χ4v) is 3.14. The number of nitrogens with one attached hydrogen (secondary N) is 2. The Morgan fingerprint density at radius 3 is 2.34 bits per heavy atom. The minimum atomic E-state index is -1.16. The van der Waals surface area contributed by atoms with E-state index in [2.05, 4.69) is 23.3 Å². The van der Waals surface area contributed by atoms with Crippen LogP contribution in [0.1, 0.15) is 51.8 Å². The van der Waals surface area contributed by atoms with Crippen molar-refractivity contribution in [3.8, 4) is 11.8 Å². The third-order valence-electron chi connectivity index (χ3n) is 4.22. The standard InChI is InChI=1S/C22H32N4O5S/c1-13(2)24-19(28)18(15-7-8-17(27)14(3)11-15)26(10-9-23)20(29)16(12-32)25-21(30)31-22(4,5)6/h7-8,11,13,16,18,27,32H,10,12H2,1-6H3,(H,24,28)(H,25,30). The molecule has 9 nitrogen and oxygen atoms in total. The summed E-state index contributed by atoms with van der Waals surface area (Å²) in [6.45, 7) is 9.85.